The van der Waals surface area contributed by atoms with Crippen LogP contribution in [0.25, 0.3) is 0 Å². The number of rotatable bonds is 3. The molecule has 0 amide bonds. The summed E-state index contributed by atoms with van der Waals surface area (Å²) in [5, 5.41) is 0.447. The molecule has 0 saturated heterocycles. The van der Waals surface area contributed by atoms with Crippen molar-refractivity contribution in [2.75, 3.05) is 5.73 Å². The highest BCUT2D eigenvalue weighted by Crippen LogP contribution is 2.24. The molecule has 0 aliphatic rings. The molecule has 1 heterocycles. The van der Waals surface area contributed by atoms with Crippen molar-refractivity contribution in [3.8, 4) is 0 Å². The average Bonchev–Trinajstić information content (AvgIpc) is 2.70. The summed E-state index contributed by atoms with van der Waals surface area (Å²) >= 11 is 7.46. The van der Waals surface area contributed by atoms with Crippen molar-refractivity contribution < 1.29 is 4.21 Å². The van der Waals surface area contributed by atoms with E-state index in [0.717, 1.165) is 4.88 Å². The van der Waals surface area contributed by atoms with Crippen LogP contribution in [0, 0.1) is 0 Å². The van der Waals surface area contributed by atoms with Gasteiger partial charge in [0.2, 0.25) is 0 Å². The average molecular weight is 273 g/mol. The van der Waals surface area contributed by atoms with Crippen LogP contribution >= 0.6 is 22.9 Å². The Labute approximate surface area is 105 Å². The molecular weight excluding hydrogens is 264 g/mol. The van der Waals surface area contributed by atoms with E-state index >= 15 is 0 Å². The minimum Gasteiger partial charge on any atom is -0.399 e. The smallest absolute Gasteiger partial charge is 0.0794 e. The van der Waals surface area contributed by atoms with E-state index in [1.807, 2.05) is 0 Å². The summed E-state index contributed by atoms with van der Waals surface area (Å²) in [4.78, 5) is 5.53. The first-order valence-corrected chi connectivity index (χ1v) is 7.05. The fraction of sp³-hybridized carbons (Fsp3) is 0.100. The van der Waals surface area contributed by atoms with Crippen molar-refractivity contribution in [1.29, 1.82) is 0 Å². The van der Waals surface area contributed by atoms with E-state index in [1.54, 1.807) is 29.9 Å². The van der Waals surface area contributed by atoms with E-state index in [0.29, 0.717) is 21.4 Å². The molecule has 2 aromatic rings. The van der Waals surface area contributed by atoms with Crippen molar-refractivity contribution in [3.63, 3.8) is 0 Å². The first kappa shape index (κ1) is 11.6. The Morgan fingerprint density at radius 2 is 2.31 bits per heavy atom. The van der Waals surface area contributed by atoms with E-state index in [4.69, 9.17) is 17.3 Å². The van der Waals surface area contributed by atoms with E-state index in [1.165, 1.54) is 11.3 Å². The molecule has 1 atom stereocenters. The van der Waals surface area contributed by atoms with Crippen LogP contribution in [0.5, 0.6) is 0 Å². The maximum atomic E-state index is 12.0. The third-order valence-electron chi connectivity index (χ3n) is 1.96. The Bertz CT molecular complexity index is 514. The Hall–Kier alpha value is -0.910. The fourth-order valence-corrected chi connectivity index (χ4v) is 3.63. The first-order valence-electron chi connectivity index (χ1n) is 4.47. The number of nitrogens with zero attached hydrogens (tertiary/aromatic N) is 1. The number of halogens is 1. The van der Waals surface area contributed by atoms with Gasteiger partial charge in [-0.3, -0.25) is 9.19 Å². The topological polar surface area (TPSA) is 56.0 Å². The monoisotopic (exact) mass is 272 g/mol. The Balaban J connectivity index is 2.21. The van der Waals surface area contributed by atoms with Crippen LogP contribution in [0.3, 0.4) is 0 Å². The molecule has 84 valence electrons. The van der Waals surface area contributed by atoms with Gasteiger partial charge in [0, 0.05) is 16.8 Å². The van der Waals surface area contributed by atoms with Crippen molar-refractivity contribution in [2.24, 2.45) is 0 Å². The zero-order chi connectivity index (χ0) is 11.5. The van der Waals surface area contributed by atoms with Crippen LogP contribution in [0.1, 0.15) is 4.88 Å². The van der Waals surface area contributed by atoms with Crippen molar-refractivity contribution >= 4 is 39.4 Å². The number of anilines is 1. The zero-order valence-corrected chi connectivity index (χ0v) is 10.6. The normalized spacial score (nSPS) is 12.6. The quantitative estimate of drug-likeness (QED) is 0.874. The minimum atomic E-state index is -1.15. The lowest BCUT2D eigenvalue weighted by atomic mass is 10.3. The van der Waals surface area contributed by atoms with E-state index in [2.05, 4.69) is 4.98 Å². The summed E-state index contributed by atoms with van der Waals surface area (Å²) in [7, 11) is -1.15. The summed E-state index contributed by atoms with van der Waals surface area (Å²) in [5.41, 5.74) is 7.86. The SMILES string of the molecule is Nc1ccc(S(=O)Cc2cncs2)c(Cl)c1. The molecule has 0 saturated carbocycles. The highest BCUT2D eigenvalue weighted by molar-refractivity contribution is 7.84. The molecule has 1 aromatic heterocycles. The number of nitrogen functional groups attached to an aromatic ring is 1. The molecule has 6 heteroatoms. The van der Waals surface area contributed by atoms with Crippen LogP contribution < -0.4 is 5.73 Å². The van der Waals surface area contributed by atoms with Gasteiger partial charge in [-0.25, -0.2) is 0 Å². The van der Waals surface area contributed by atoms with Gasteiger partial charge in [-0.15, -0.1) is 11.3 Å². The minimum absolute atomic E-state index is 0.439. The van der Waals surface area contributed by atoms with Gasteiger partial charge in [-0.2, -0.15) is 0 Å². The van der Waals surface area contributed by atoms with Crippen LogP contribution in [0.2, 0.25) is 5.02 Å². The molecule has 0 aliphatic heterocycles. The van der Waals surface area contributed by atoms with Gasteiger partial charge >= 0.3 is 0 Å². The van der Waals surface area contributed by atoms with Gasteiger partial charge in [0.1, 0.15) is 0 Å². The van der Waals surface area contributed by atoms with E-state index in [-0.39, 0.29) is 0 Å². The Morgan fingerprint density at radius 1 is 1.50 bits per heavy atom. The standard InChI is InChI=1S/C10H9ClN2OS2/c11-9-3-7(12)1-2-10(9)16(14)5-8-4-13-6-15-8/h1-4,6H,5,12H2. The van der Waals surface area contributed by atoms with Gasteiger partial charge in [-0.1, -0.05) is 11.6 Å². The molecule has 0 radical (unpaired) electrons. The second-order valence-corrected chi connectivity index (χ2v) is 5.95. The molecule has 3 nitrogen and oxygen atoms in total. The number of thiazole rings is 1. The molecule has 2 rings (SSSR count). The molecule has 2 N–H and O–H groups in total. The molecule has 0 spiro atoms. The molecular formula is C10H9ClN2OS2. The fourth-order valence-electron chi connectivity index (χ4n) is 1.22. The van der Waals surface area contributed by atoms with Crippen LogP contribution in [0.4, 0.5) is 5.69 Å². The number of hydrogen-bond donors (Lipinski definition) is 1. The van der Waals surface area contributed by atoms with Gasteiger partial charge < -0.3 is 5.73 Å². The first-order chi connectivity index (χ1) is 7.66. The summed E-state index contributed by atoms with van der Waals surface area (Å²) in [6, 6.07) is 5.02. The van der Waals surface area contributed by atoms with E-state index < -0.39 is 10.8 Å². The maximum absolute atomic E-state index is 12.0. The zero-order valence-electron chi connectivity index (χ0n) is 8.22. The summed E-state index contributed by atoms with van der Waals surface area (Å²) in [6.45, 7) is 0. The molecule has 1 aromatic carbocycles. The van der Waals surface area contributed by atoms with E-state index in [9.17, 15) is 4.21 Å². The number of nitrogens with two attached hydrogens (primary N) is 1. The highest BCUT2D eigenvalue weighted by atomic mass is 35.5. The maximum Gasteiger partial charge on any atom is 0.0794 e. The predicted octanol–water partition coefficient (Wildman–Crippen LogP) is 2.69. The second kappa shape index (κ2) is 4.95. The number of hydrogen-bond acceptors (Lipinski definition) is 4. The highest BCUT2D eigenvalue weighted by Gasteiger charge is 2.10. The van der Waals surface area contributed by atoms with Gasteiger partial charge in [0.05, 0.1) is 32.0 Å². The molecule has 0 bridgehead atoms. The predicted molar refractivity (Wildman–Crippen MR) is 68.1 cm³/mol. The summed E-state index contributed by atoms with van der Waals surface area (Å²) in [5.74, 6) is 0.439. The molecule has 16 heavy (non-hydrogen) atoms. The lowest BCUT2D eigenvalue weighted by Gasteiger charge is -2.04. The molecule has 0 aliphatic carbocycles. The van der Waals surface area contributed by atoms with Crippen molar-refractivity contribution in [2.45, 2.75) is 10.6 Å². The summed E-state index contributed by atoms with van der Waals surface area (Å²) < 4.78 is 12.0. The van der Waals surface area contributed by atoms with Crippen molar-refractivity contribution in [3.05, 3.63) is 39.8 Å². The largest absolute Gasteiger partial charge is 0.399 e. The Kier molecular flexibility index (Phi) is 3.58. The summed E-state index contributed by atoms with van der Waals surface area (Å²) in [6.07, 6.45) is 1.72. The van der Waals surface area contributed by atoms with Crippen LogP contribution in [-0.4, -0.2) is 9.19 Å². The Morgan fingerprint density at radius 3 is 2.94 bits per heavy atom. The second-order valence-electron chi connectivity index (χ2n) is 3.15. The van der Waals surface area contributed by atoms with Crippen molar-refractivity contribution in [1.82, 2.24) is 4.98 Å². The van der Waals surface area contributed by atoms with Crippen LogP contribution in [0.15, 0.2) is 34.8 Å². The van der Waals surface area contributed by atoms with Gasteiger partial charge in [0.15, 0.2) is 0 Å². The third-order valence-corrected chi connectivity index (χ3v) is 4.76. The molecule has 0 fully saturated rings. The van der Waals surface area contributed by atoms with Crippen LogP contribution in [-0.2, 0) is 16.6 Å². The van der Waals surface area contributed by atoms with Gasteiger partial charge in [0.25, 0.3) is 0 Å². The number of aromatic nitrogens is 1. The molecule has 1 unspecified atom stereocenters. The lowest BCUT2D eigenvalue weighted by Crippen LogP contribution is -1.96. The third kappa shape index (κ3) is 2.61. The lowest BCUT2D eigenvalue weighted by molar-refractivity contribution is 0.683. The van der Waals surface area contributed by atoms with Gasteiger partial charge in [-0.05, 0) is 18.2 Å². The number of benzene rings is 1.